The third-order valence-electron chi connectivity index (χ3n) is 4.98. The molecule has 26 heavy (non-hydrogen) atoms. The first-order valence-corrected chi connectivity index (χ1v) is 9.89. The molecule has 0 radical (unpaired) electrons. The summed E-state index contributed by atoms with van der Waals surface area (Å²) in [7, 11) is 0.670. The molecule has 6 heteroatoms. The van der Waals surface area contributed by atoms with Crippen LogP contribution in [0.1, 0.15) is 35.4 Å². The average Bonchev–Trinajstić information content (AvgIpc) is 2.89. The van der Waals surface area contributed by atoms with Gasteiger partial charge in [0.2, 0.25) is 0 Å². The molecule has 1 aromatic heterocycles. The largest absolute Gasteiger partial charge is 0.271 e. The van der Waals surface area contributed by atoms with Crippen LogP contribution in [-0.4, -0.2) is 31.4 Å². The first-order valence-electron chi connectivity index (χ1n) is 8.78. The summed E-state index contributed by atoms with van der Waals surface area (Å²) in [6.07, 6.45) is 1.53. The molecule has 0 spiro atoms. The first kappa shape index (κ1) is 18.6. The van der Waals surface area contributed by atoms with E-state index < -0.39 is 11.0 Å². The van der Waals surface area contributed by atoms with Crippen molar-refractivity contribution >= 4 is 16.6 Å². The van der Waals surface area contributed by atoms with Crippen LogP contribution >= 0.6 is 0 Å². The van der Waals surface area contributed by atoms with E-state index in [1.54, 1.807) is 4.68 Å². The van der Waals surface area contributed by atoms with Gasteiger partial charge in [-0.2, -0.15) is 10.4 Å². The van der Waals surface area contributed by atoms with Crippen LogP contribution in [0.5, 0.6) is 0 Å². The minimum atomic E-state index is -1.21. The summed E-state index contributed by atoms with van der Waals surface area (Å²) >= 11 is 0. The van der Waals surface area contributed by atoms with Gasteiger partial charge < -0.3 is 0 Å². The zero-order chi connectivity index (χ0) is 18.8. The molecular weight excluding hydrogens is 344 g/mol. The van der Waals surface area contributed by atoms with E-state index >= 15 is 0 Å². The lowest BCUT2D eigenvalue weighted by molar-refractivity contribution is 0.414. The molecule has 1 atom stereocenters. The van der Waals surface area contributed by atoms with Crippen molar-refractivity contribution in [3.05, 3.63) is 52.4 Å². The Morgan fingerprint density at radius 3 is 2.27 bits per heavy atom. The van der Waals surface area contributed by atoms with E-state index in [2.05, 4.69) is 11.2 Å². The number of benzene rings is 1. The van der Waals surface area contributed by atoms with E-state index in [9.17, 15) is 9.47 Å². The van der Waals surface area contributed by atoms with E-state index in [1.165, 1.54) is 5.56 Å². The van der Waals surface area contributed by atoms with Crippen LogP contribution in [0.25, 0.3) is 5.57 Å². The van der Waals surface area contributed by atoms with Crippen molar-refractivity contribution in [3.63, 3.8) is 0 Å². The summed E-state index contributed by atoms with van der Waals surface area (Å²) in [5.74, 6) is 0. The van der Waals surface area contributed by atoms with Gasteiger partial charge in [0, 0.05) is 20.1 Å². The molecular formula is C20H24N4OS. The Kier molecular flexibility index (Phi) is 5.40. The first-order chi connectivity index (χ1) is 12.4. The van der Waals surface area contributed by atoms with Crippen molar-refractivity contribution in [3.8, 4) is 6.07 Å². The number of aromatic nitrogens is 2. The maximum absolute atomic E-state index is 13.0. The monoisotopic (exact) mass is 368 g/mol. The van der Waals surface area contributed by atoms with Gasteiger partial charge >= 0.3 is 0 Å². The summed E-state index contributed by atoms with van der Waals surface area (Å²) in [6.45, 7) is 7.27. The molecule has 136 valence electrons. The predicted molar refractivity (Wildman–Crippen MR) is 104 cm³/mol. The third-order valence-corrected chi connectivity index (χ3v) is 6.76. The van der Waals surface area contributed by atoms with Crippen molar-refractivity contribution in [2.45, 2.75) is 38.5 Å². The van der Waals surface area contributed by atoms with Crippen molar-refractivity contribution in [2.75, 3.05) is 13.1 Å². The lowest BCUT2D eigenvalue weighted by Crippen LogP contribution is -2.33. The molecule has 2 aromatic rings. The molecule has 1 fully saturated rings. The summed E-state index contributed by atoms with van der Waals surface area (Å²) in [6, 6.07) is 10.5. The number of nitrogens with zero attached hydrogens (tertiary/aromatic N) is 4. The SMILES string of the molecule is Cc1ccc(C(C#N)=C2CCN(S(=O)c3c(C)nn(C)c3C)CC2)cc1. The Morgan fingerprint density at radius 1 is 1.15 bits per heavy atom. The maximum Gasteiger partial charge on any atom is 0.131 e. The number of piperidine rings is 1. The maximum atomic E-state index is 13.0. The number of hydrogen-bond donors (Lipinski definition) is 0. The van der Waals surface area contributed by atoms with Gasteiger partial charge in [-0.1, -0.05) is 29.8 Å². The van der Waals surface area contributed by atoms with Crippen molar-refractivity contribution in [1.82, 2.24) is 14.1 Å². The van der Waals surface area contributed by atoms with Gasteiger partial charge in [-0.05, 0) is 44.7 Å². The average molecular weight is 369 g/mol. The molecule has 1 aromatic carbocycles. The highest BCUT2D eigenvalue weighted by atomic mass is 32.2. The van der Waals surface area contributed by atoms with Gasteiger partial charge in [-0.3, -0.25) is 4.68 Å². The topological polar surface area (TPSA) is 61.9 Å². The van der Waals surface area contributed by atoms with Crippen molar-refractivity contribution < 1.29 is 4.21 Å². The standard InChI is InChI=1S/C20H24N4OS/c1-14-5-7-17(8-6-14)19(13-21)18-9-11-24(12-10-18)26(25)20-15(2)22-23(4)16(20)3/h5-8H,9-12H2,1-4H3. The highest BCUT2D eigenvalue weighted by Gasteiger charge is 2.26. The predicted octanol–water partition coefficient (Wildman–Crippen LogP) is 3.44. The molecule has 1 unspecified atom stereocenters. The van der Waals surface area contributed by atoms with E-state index in [1.807, 2.05) is 56.4 Å². The molecule has 0 saturated carbocycles. The fraction of sp³-hybridized carbons (Fsp3) is 0.400. The van der Waals surface area contributed by atoms with Gasteiger partial charge in [-0.25, -0.2) is 8.51 Å². The highest BCUT2D eigenvalue weighted by molar-refractivity contribution is 7.82. The van der Waals surface area contributed by atoms with Gasteiger partial charge in [0.25, 0.3) is 0 Å². The molecule has 0 amide bonds. The second-order valence-electron chi connectivity index (χ2n) is 6.76. The smallest absolute Gasteiger partial charge is 0.131 e. The molecule has 0 aliphatic carbocycles. The van der Waals surface area contributed by atoms with E-state index in [4.69, 9.17) is 0 Å². The Bertz CT molecular complexity index is 909. The molecule has 2 heterocycles. The fourth-order valence-electron chi connectivity index (χ4n) is 3.38. The quantitative estimate of drug-likeness (QED) is 0.780. The zero-order valence-electron chi connectivity index (χ0n) is 15.7. The normalized spacial score (nSPS) is 16.3. The number of allylic oxidation sites excluding steroid dienone is 1. The van der Waals surface area contributed by atoms with Gasteiger partial charge in [0.1, 0.15) is 11.0 Å². The van der Waals surface area contributed by atoms with Crippen LogP contribution in [0, 0.1) is 32.1 Å². The van der Waals surface area contributed by atoms with Gasteiger partial charge in [0.15, 0.2) is 0 Å². The number of nitriles is 1. The number of rotatable bonds is 3. The van der Waals surface area contributed by atoms with Crippen LogP contribution in [0.15, 0.2) is 34.7 Å². The molecule has 1 aliphatic rings. The van der Waals surface area contributed by atoms with Crippen LogP contribution in [0.4, 0.5) is 0 Å². The van der Waals surface area contributed by atoms with Crippen LogP contribution in [0.3, 0.4) is 0 Å². The lowest BCUT2D eigenvalue weighted by Gasteiger charge is -2.28. The Balaban J connectivity index is 1.79. The van der Waals surface area contributed by atoms with Crippen LogP contribution < -0.4 is 0 Å². The van der Waals surface area contributed by atoms with Crippen LogP contribution in [0.2, 0.25) is 0 Å². The van der Waals surface area contributed by atoms with Crippen molar-refractivity contribution in [1.29, 1.82) is 5.26 Å². The number of hydrogen-bond acceptors (Lipinski definition) is 3. The highest BCUT2D eigenvalue weighted by Crippen LogP contribution is 2.29. The fourth-order valence-corrected chi connectivity index (χ4v) is 4.83. The molecule has 5 nitrogen and oxygen atoms in total. The second kappa shape index (κ2) is 7.56. The van der Waals surface area contributed by atoms with Crippen LogP contribution in [-0.2, 0) is 18.0 Å². The third kappa shape index (κ3) is 3.50. The van der Waals surface area contributed by atoms with E-state index in [0.29, 0.717) is 13.1 Å². The van der Waals surface area contributed by atoms with Gasteiger partial charge in [-0.15, -0.1) is 0 Å². The lowest BCUT2D eigenvalue weighted by atomic mass is 9.94. The minimum Gasteiger partial charge on any atom is -0.271 e. The Hall–Kier alpha value is -2.23. The summed E-state index contributed by atoms with van der Waals surface area (Å²) < 4.78 is 16.8. The number of aryl methyl sites for hydroxylation is 3. The Morgan fingerprint density at radius 2 is 1.77 bits per heavy atom. The second-order valence-corrected chi connectivity index (χ2v) is 8.18. The molecule has 0 bridgehead atoms. The summed E-state index contributed by atoms with van der Waals surface area (Å²) in [5.41, 5.74) is 5.85. The van der Waals surface area contributed by atoms with Crippen molar-refractivity contribution in [2.24, 2.45) is 7.05 Å². The summed E-state index contributed by atoms with van der Waals surface area (Å²) in [5, 5.41) is 14.0. The zero-order valence-corrected chi connectivity index (χ0v) is 16.6. The molecule has 0 N–H and O–H groups in total. The summed E-state index contributed by atoms with van der Waals surface area (Å²) in [4.78, 5) is 0.818. The van der Waals surface area contributed by atoms with E-state index in [0.717, 1.165) is 45.8 Å². The van der Waals surface area contributed by atoms with Gasteiger partial charge in [0.05, 0.1) is 27.9 Å². The molecule has 1 saturated heterocycles. The Labute approximate surface area is 157 Å². The minimum absolute atomic E-state index is 0.687. The van der Waals surface area contributed by atoms with E-state index in [-0.39, 0.29) is 0 Å². The molecule has 1 aliphatic heterocycles. The molecule has 3 rings (SSSR count).